The highest BCUT2D eigenvalue weighted by Gasteiger charge is 2.15. The van der Waals surface area contributed by atoms with Gasteiger partial charge >= 0.3 is 6.09 Å². The first-order valence-electron chi connectivity index (χ1n) is 5.08. The number of ether oxygens (including phenoxy) is 1. The van der Waals surface area contributed by atoms with E-state index in [9.17, 15) is 4.79 Å². The highest BCUT2D eigenvalue weighted by molar-refractivity contribution is 5.67. The Hall–Kier alpha value is -1.66. The lowest BCUT2D eigenvalue weighted by molar-refractivity contribution is 0.0526. The fourth-order valence-corrected chi connectivity index (χ4v) is 0.988. The molecule has 0 aliphatic carbocycles. The maximum Gasteiger partial charge on any atom is 0.407 e. The summed E-state index contributed by atoms with van der Waals surface area (Å²) in [5.41, 5.74) is -0.465. The van der Waals surface area contributed by atoms with Crippen molar-refractivity contribution in [3.8, 4) is 0 Å². The zero-order chi connectivity index (χ0) is 12.0. The van der Waals surface area contributed by atoms with Gasteiger partial charge in [0.1, 0.15) is 5.60 Å². The van der Waals surface area contributed by atoms with Gasteiger partial charge in [0.25, 0.3) is 0 Å². The number of hydrogen-bond donors (Lipinski definition) is 1. The summed E-state index contributed by atoms with van der Waals surface area (Å²) in [6.07, 6.45) is 2.88. The van der Waals surface area contributed by atoms with E-state index < -0.39 is 11.7 Å². The van der Waals surface area contributed by atoms with Crippen LogP contribution in [0.3, 0.4) is 0 Å². The number of rotatable bonds is 4. The Labute approximate surface area is 94.2 Å². The highest BCUT2D eigenvalue weighted by Crippen LogP contribution is 2.06. The van der Waals surface area contributed by atoms with Crippen LogP contribution in [0.2, 0.25) is 0 Å². The van der Waals surface area contributed by atoms with Gasteiger partial charge in [-0.3, -0.25) is 0 Å². The number of nitrogens with zero attached hydrogens (tertiary/aromatic N) is 4. The fourth-order valence-electron chi connectivity index (χ4n) is 0.988. The van der Waals surface area contributed by atoms with Crippen molar-refractivity contribution in [3.63, 3.8) is 0 Å². The predicted molar refractivity (Wildman–Crippen MR) is 55.5 cm³/mol. The molecule has 0 aliphatic heterocycles. The Bertz CT molecular complexity index is 317. The summed E-state index contributed by atoms with van der Waals surface area (Å²) in [6.45, 7) is 6.60. The molecule has 7 nitrogen and oxygen atoms in total. The van der Waals surface area contributed by atoms with E-state index in [-0.39, 0.29) is 0 Å². The molecule has 0 saturated carbocycles. The molecule has 16 heavy (non-hydrogen) atoms. The van der Waals surface area contributed by atoms with Gasteiger partial charge in [-0.15, -0.1) is 5.10 Å². The van der Waals surface area contributed by atoms with Crippen LogP contribution in [0.25, 0.3) is 0 Å². The molecule has 1 radical (unpaired) electrons. The first-order chi connectivity index (χ1) is 7.47. The summed E-state index contributed by atoms with van der Waals surface area (Å²) in [4.78, 5) is 11.2. The maximum absolute atomic E-state index is 11.2. The summed E-state index contributed by atoms with van der Waals surface area (Å²) < 4.78 is 6.55. The molecule has 0 saturated heterocycles. The van der Waals surface area contributed by atoms with Crippen LogP contribution in [-0.2, 0) is 11.3 Å². The molecule has 1 N–H and O–H groups in total. The zero-order valence-corrected chi connectivity index (χ0v) is 9.73. The van der Waals surface area contributed by atoms with Gasteiger partial charge in [0, 0.05) is 13.1 Å². The smallest absolute Gasteiger partial charge is 0.407 e. The molecular formula is C9H16N5O2. The van der Waals surface area contributed by atoms with Gasteiger partial charge in [-0.2, -0.15) is 0 Å². The van der Waals surface area contributed by atoms with Crippen LogP contribution in [0.1, 0.15) is 27.2 Å². The average Bonchev–Trinajstić information content (AvgIpc) is 2.62. The van der Waals surface area contributed by atoms with E-state index >= 15 is 0 Å². The van der Waals surface area contributed by atoms with Gasteiger partial charge in [0.05, 0.1) is 0 Å². The van der Waals surface area contributed by atoms with E-state index in [1.807, 2.05) is 20.8 Å². The minimum absolute atomic E-state index is 0.409. The summed E-state index contributed by atoms with van der Waals surface area (Å²) >= 11 is 0. The second-order valence-electron chi connectivity index (χ2n) is 4.28. The van der Waals surface area contributed by atoms with E-state index in [2.05, 4.69) is 27.2 Å². The molecule has 0 aromatic carbocycles. The van der Waals surface area contributed by atoms with Crippen molar-refractivity contribution in [2.45, 2.75) is 39.3 Å². The van der Waals surface area contributed by atoms with Crippen molar-refractivity contribution in [1.82, 2.24) is 25.5 Å². The van der Waals surface area contributed by atoms with Crippen molar-refractivity contribution in [2.75, 3.05) is 6.54 Å². The van der Waals surface area contributed by atoms with Crippen LogP contribution in [0, 0.1) is 6.33 Å². The van der Waals surface area contributed by atoms with Gasteiger partial charge in [-0.25, -0.2) is 9.48 Å². The third-order valence-corrected chi connectivity index (χ3v) is 1.57. The first kappa shape index (κ1) is 12.4. The summed E-state index contributed by atoms with van der Waals surface area (Å²) in [7, 11) is 0. The number of amides is 1. The topological polar surface area (TPSA) is 81.9 Å². The van der Waals surface area contributed by atoms with Crippen LogP contribution < -0.4 is 5.32 Å². The number of alkyl carbamates (subject to hydrolysis) is 1. The van der Waals surface area contributed by atoms with Crippen LogP contribution >= 0.6 is 0 Å². The Balaban J connectivity index is 2.09. The second kappa shape index (κ2) is 5.43. The lowest BCUT2D eigenvalue weighted by Crippen LogP contribution is -2.33. The van der Waals surface area contributed by atoms with Crippen molar-refractivity contribution in [3.05, 3.63) is 6.33 Å². The largest absolute Gasteiger partial charge is 0.444 e. The Kier molecular flexibility index (Phi) is 4.21. The molecule has 1 aromatic rings. The van der Waals surface area contributed by atoms with Crippen LogP contribution in [0.4, 0.5) is 4.79 Å². The highest BCUT2D eigenvalue weighted by atomic mass is 16.6. The number of tetrazole rings is 1. The second-order valence-corrected chi connectivity index (χ2v) is 4.28. The summed E-state index contributed by atoms with van der Waals surface area (Å²) in [6, 6.07) is 0. The molecular weight excluding hydrogens is 210 g/mol. The van der Waals surface area contributed by atoms with Gasteiger partial charge in [-0.05, 0) is 37.6 Å². The lowest BCUT2D eigenvalue weighted by atomic mass is 10.2. The number of carbonyl (C=O) groups excluding carboxylic acids is 1. The zero-order valence-electron chi connectivity index (χ0n) is 9.73. The molecule has 0 spiro atoms. The number of aryl methyl sites for hydroxylation is 1. The minimum Gasteiger partial charge on any atom is -0.444 e. The first-order valence-corrected chi connectivity index (χ1v) is 5.08. The van der Waals surface area contributed by atoms with Crippen LogP contribution in [-0.4, -0.2) is 38.4 Å². The van der Waals surface area contributed by atoms with Gasteiger partial charge in [0.15, 0.2) is 0 Å². The van der Waals surface area contributed by atoms with Crippen LogP contribution in [0.5, 0.6) is 0 Å². The average molecular weight is 226 g/mol. The molecule has 1 amide bonds. The predicted octanol–water partition coefficient (Wildman–Crippen LogP) is 0.388. The van der Waals surface area contributed by atoms with Crippen molar-refractivity contribution >= 4 is 6.09 Å². The SMILES string of the molecule is CC(C)(C)OC(=O)NCCCn1[c]nnn1. The number of hydrogen-bond acceptors (Lipinski definition) is 5. The van der Waals surface area contributed by atoms with Crippen LogP contribution in [0.15, 0.2) is 0 Å². The van der Waals surface area contributed by atoms with Gasteiger partial charge < -0.3 is 10.1 Å². The molecule has 1 heterocycles. The van der Waals surface area contributed by atoms with Crippen molar-refractivity contribution in [2.24, 2.45) is 0 Å². The maximum atomic E-state index is 11.2. The van der Waals surface area contributed by atoms with Crippen molar-refractivity contribution in [1.29, 1.82) is 0 Å². The van der Waals surface area contributed by atoms with E-state index in [1.54, 1.807) is 0 Å². The van der Waals surface area contributed by atoms with E-state index in [1.165, 1.54) is 4.68 Å². The molecule has 0 bridgehead atoms. The molecule has 89 valence electrons. The molecule has 0 fully saturated rings. The fraction of sp³-hybridized carbons (Fsp3) is 0.778. The molecule has 1 rings (SSSR count). The van der Waals surface area contributed by atoms with Crippen molar-refractivity contribution < 1.29 is 9.53 Å². The normalized spacial score (nSPS) is 11.2. The Morgan fingerprint density at radius 3 is 2.81 bits per heavy atom. The Morgan fingerprint density at radius 1 is 1.50 bits per heavy atom. The third kappa shape index (κ3) is 5.28. The van der Waals surface area contributed by atoms with Gasteiger partial charge in [-0.1, -0.05) is 0 Å². The molecule has 1 aromatic heterocycles. The minimum atomic E-state index is -0.465. The Morgan fingerprint density at radius 2 is 2.25 bits per heavy atom. The molecule has 0 aliphatic rings. The molecule has 0 atom stereocenters. The number of carbonyl (C=O) groups is 1. The number of aromatic nitrogens is 4. The van der Waals surface area contributed by atoms with E-state index in [4.69, 9.17) is 4.74 Å². The standard InChI is InChI=1S/C9H16N5O2/c1-9(2,3)16-8(15)10-5-4-6-14-7-11-12-13-14/h4-6H2,1-3H3,(H,10,15). The summed E-state index contributed by atoms with van der Waals surface area (Å²) in [5, 5.41) is 13.1. The lowest BCUT2D eigenvalue weighted by Gasteiger charge is -2.19. The summed E-state index contributed by atoms with van der Waals surface area (Å²) in [5.74, 6) is 0. The van der Waals surface area contributed by atoms with E-state index in [0.29, 0.717) is 13.1 Å². The monoisotopic (exact) mass is 226 g/mol. The number of nitrogens with one attached hydrogen (secondary N) is 1. The molecule has 0 unspecified atom stereocenters. The third-order valence-electron chi connectivity index (χ3n) is 1.57. The van der Waals surface area contributed by atoms with Gasteiger partial charge in [0.2, 0.25) is 6.33 Å². The quantitative estimate of drug-likeness (QED) is 0.751. The van der Waals surface area contributed by atoms with E-state index in [0.717, 1.165) is 6.42 Å². The molecule has 7 heteroatoms.